The first-order valence-electron chi connectivity index (χ1n) is 5.52. The number of hydrogen-bond donors (Lipinski definition) is 4. The molecular weight excluding hydrogens is 240 g/mol. The first kappa shape index (κ1) is 14.2. The predicted octanol–water partition coefficient (Wildman–Crippen LogP) is 1.17. The summed E-state index contributed by atoms with van der Waals surface area (Å²) in [5.41, 5.74) is 5.32. The largest absolute Gasteiger partial charge is 0.504 e. The molecule has 7 heteroatoms. The number of rotatable bonds is 5. The Morgan fingerprint density at radius 3 is 2.56 bits per heavy atom. The Bertz CT molecular complexity index is 449. The molecule has 1 rings (SSSR count). The van der Waals surface area contributed by atoms with Crippen molar-refractivity contribution in [2.75, 3.05) is 0 Å². The Kier molecular flexibility index (Phi) is 4.46. The summed E-state index contributed by atoms with van der Waals surface area (Å²) in [7, 11) is 0. The van der Waals surface area contributed by atoms with E-state index < -0.39 is 34.3 Å². The summed E-state index contributed by atoms with van der Waals surface area (Å²) in [6, 6.07) is 1.32. The molecule has 0 bridgehead atoms. The number of phenols is 2. The highest BCUT2D eigenvalue weighted by Gasteiger charge is 2.24. The van der Waals surface area contributed by atoms with Crippen molar-refractivity contribution in [2.45, 2.75) is 31.9 Å². The van der Waals surface area contributed by atoms with E-state index in [0.717, 1.165) is 12.1 Å². The van der Waals surface area contributed by atoms with Gasteiger partial charge in [0.25, 0.3) is 0 Å². The summed E-state index contributed by atoms with van der Waals surface area (Å²) >= 11 is 0. The van der Waals surface area contributed by atoms with Crippen molar-refractivity contribution in [3.8, 4) is 11.5 Å². The standard InChI is InChI=1S/C11H16N2O5/c1-2-3-8(14)10(12)6-4-7(13(17)18)11(16)9(15)5-6/h4-5,8,10,14-16H,2-3,12H2,1H3/t8-,10+/m1/s1. The minimum atomic E-state index is -0.862. The summed E-state index contributed by atoms with van der Waals surface area (Å²) < 4.78 is 0. The van der Waals surface area contributed by atoms with E-state index in [-0.39, 0.29) is 5.56 Å². The molecule has 0 aromatic heterocycles. The van der Waals surface area contributed by atoms with E-state index >= 15 is 0 Å². The van der Waals surface area contributed by atoms with E-state index in [0.29, 0.717) is 12.8 Å². The second-order valence-corrected chi connectivity index (χ2v) is 4.05. The predicted molar refractivity (Wildman–Crippen MR) is 64.3 cm³/mol. The fourth-order valence-corrected chi connectivity index (χ4v) is 1.65. The Balaban J connectivity index is 3.14. The van der Waals surface area contributed by atoms with Crippen molar-refractivity contribution in [1.29, 1.82) is 0 Å². The van der Waals surface area contributed by atoms with Crippen LogP contribution in [0.5, 0.6) is 11.5 Å². The van der Waals surface area contributed by atoms with Crippen molar-refractivity contribution in [2.24, 2.45) is 5.73 Å². The zero-order chi connectivity index (χ0) is 13.9. The number of aliphatic hydroxyl groups is 1. The van der Waals surface area contributed by atoms with Gasteiger partial charge in [-0.15, -0.1) is 0 Å². The maximum Gasteiger partial charge on any atom is 0.314 e. The van der Waals surface area contributed by atoms with Gasteiger partial charge in [-0.05, 0) is 18.1 Å². The average molecular weight is 256 g/mol. The molecule has 0 aliphatic carbocycles. The monoisotopic (exact) mass is 256 g/mol. The maximum absolute atomic E-state index is 10.7. The van der Waals surface area contributed by atoms with Crippen molar-refractivity contribution < 1.29 is 20.2 Å². The normalized spacial score (nSPS) is 14.2. The number of aromatic hydroxyl groups is 2. The zero-order valence-electron chi connectivity index (χ0n) is 9.91. The molecule has 0 aliphatic rings. The van der Waals surface area contributed by atoms with Crippen LogP contribution in [-0.2, 0) is 0 Å². The van der Waals surface area contributed by atoms with Crippen LogP contribution in [0.1, 0.15) is 31.4 Å². The van der Waals surface area contributed by atoms with Crippen LogP contribution >= 0.6 is 0 Å². The quantitative estimate of drug-likeness (QED) is 0.355. The molecule has 0 amide bonds. The summed E-state index contributed by atoms with van der Waals surface area (Å²) in [5.74, 6) is -1.43. The van der Waals surface area contributed by atoms with Crippen LogP contribution in [0.4, 0.5) is 5.69 Å². The number of aliphatic hydroxyl groups excluding tert-OH is 1. The average Bonchev–Trinajstić information content (AvgIpc) is 2.31. The van der Waals surface area contributed by atoms with E-state index in [9.17, 15) is 25.4 Å². The summed E-state index contributed by atoms with van der Waals surface area (Å²) in [4.78, 5) is 9.85. The van der Waals surface area contributed by atoms with Crippen LogP contribution in [0.25, 0.3) is 0 Å². The molecule has 1 aromatic rings. The molecule has 0 radical (unpaired) electrons. The summed E-state index contributed by atoms with van der Waals surface area (Å²) in [5, 5.41) is 39.1. The van der Waals surface area contributed by atoms with Crippen molar-refractivity contribution >= 4 is 5.69 Å². The van der Waals surface area contributed by atoms with Gasteiger partial charge in [0.05, 0.1) is 17.1 Å². The maximum atomic E-state index is 10.7. The van der Waals surface area contributed by atoms with Gasteiger partial charge in [0.2, 0.25) is 5.75 Å². The van der Waals surface area contributed by atoms with Gasteiger partial charge >= 0.3 is 5.69 Å². The first-order valence-corrected chi connectivity index (χ1v) is 5.52. The molecule has 0 saturated heterocycles. The lowest BCUT2D eigenvalue weighted by atomic mass is 9.98. The minimum Gasteiger partial charge on any atom is -0.504 e. The van der Waals surface area contributed by atoms with Gasteiger partial charge in [-0.1, -0.05) is 13.3 Å². The van der Waals surface area contributed by atoms with Gasteiger partial charge in [0, 0.05) is 6.07 Å². The van der Waals surface area contributed by atoms with Gasteiger partial charge in [-0.25, -0.2) is 0 Å². The number of benzene rings is 1. The summed E-state index contributed by atoms with van der Waals surface area (Å²) in [6.45, 7) is 1.87. The molecule has 100 valence electrons. The smallest absolute Gasteiger partial charge is 0.314 e. The van der Waals surface area contributed by atoms with Crippen LogP contribution in [0.3, 0.4) is 0 Å². The van der Waals surface area contributed by atoms with Gasteiger partial charge < -0.3 is 21.1 Å². The topological polar surface area (TPSA) is 130 Å². The molecule has 1 aromatic carbocycles. The lowest BCUT2D eigenvalue weighted by Crippen LogP contribution is -2.26. The van der Waals surface area contributed by atoms with Gasteiger partial charge in [-0.3, -0.25) is 10.1 Å². The highest BCUT2D eigenvalue weighted by molar-refractivity contribution is 5.57. The number of nitro groups is 1. The Morgan fingerprint density at radius 1 is 1.44 bits per heavy atom. The fourth-order valence-electron chi connectivity index (χ4n) is 1.65. The molecule has 0 saturated carbocycles. The van der Waals surface area contributed by atoms with Crippen LogP contribution in [0, 0.1) is 10.1 Å². The second kappa shape index (κ2) is 5.65. The molecule has 0 unspecified atom stereocenters. The van der Waals surface area contributed by atoms with Crippen LogP contribution in [-0.4, -0.2) is 26.3 Å². The highest BCUT2D eigenvalue weighted by Crippen LogP contribution is 2.38. The van der Waals surface area contributed by atoms with E-state index in [4.69, 9.17) is 5.73 Å². The molecular formula is C11H16N2O5. The molecule has 0 heterocycles. The Morgan fingerprint density at radius 2 is 2.06 bits per heavy atom. The minimum absolute atomic E-state index is 0.206. The van der Waals surface area contributed by atoms with Gasteiger partial charge in [-0.2, -0.15) is 0 Å². The van der Waals surface area contributed by atoms with Crippen LogP contribution in [0.15, 0.2) is 12.1 Å². The SMILES string of the molecule is CCC[C@@H](O)[C@@H](N)c1cc(O)c(O)c([N+](=O)[O-])c1. The second-order valence-electron chi connectivity index (χ2n) is 4.05. The number of phenolic OH excluding ortho intramolecular Hbond substituents is 2. The van der Waals surface area contributed by atoms with Crippen molar-refractivity contribution in [3.63, 3.8) is 0 Å². The number of nitro benzene ring substituents is 1. The highest BCUT2D eigenvalue weighted by atomic mass is 16.6. The van der Waals surface area contributed by atoms with Gasteiger partial charge in [0.15, 0.2) is 5.75 Å². The third-order valence-corrected chi connectivity index (χ3v) is 2.67. The van der Waals surface area contributed by atoms with Crippen molar-refractivity contribution in [1.82, 2.24) is 0 Å². The molecule has 18 heavy (non-hydrogen) atoms. The molecule has 0 spiro atoms. The number of nitrogens with two attached hydrogens (primary N) is 1. The van der Waals surface area contributed by atoms with E-state index in [1.54, 1.807) is 0 Å². The van der Waals surface area contributed by atoms with Crippen LogP contribution in [0.2, 0.25) is 0 Å². The lowest BCUT2D eigenvalue weighted by molar-refractivity contribution is -0.386. The first-order chi connectivity index (χ1) is 8.38. The zero-order valence-corrected chi connectivity index (χ0v) is 9.91. The molecule has 0 aliphatic heterocycles. The number of nitrogens with zero attached hydrogens (tertiary/aromatic N) is 1. The third kappa shape index (κ3) is 2.88. The lowest BCUT2D eigenvalue weighted by Gasteiger charge is -2.18. The van der Waals surface area contributed by atoms with E-state index in [2.05, 4.69) is 0 Å². The summed E-state index contributed by atoms with van der Waals surface area (Å²) in [6.07, 6.45) is 0.288. The molecule has 5 N–H and O–H groups in total. The Hall–Kier alpha value is -1.86. The number of hydrogen-bond acceptors (Lipinski definition) is 6. The molecule has 2 atom stereocenters. The van der Waals surface area contributed by atoms with Gasteiger partial charge in [0.1, 0.15) is 0 Å². The molecule has 0 fully saturated rings. The van der Waals surface area contributed by atoms with E-state index in [1.807, 2.05) is 6.92 Å². The third-order valence-electron chi connectivity index (χ3n) is 2.67. The van der Waals surface area contributed by atoms with Crippen LogP contribution < -0.4 is 5.73 Å². The Labute approximate surface area is 104 Å². The fraction of sp³-hybridized carbons (Fsp3) is 0.455. The molecule has 7 nitrogen and oxygen atoms in total. The van der Waals surface area contributed by atoms with E-state index in [1.165, 1.54) is 0 Å². The van der Waals surface area contributed by atoms with Crippen molar-refractivity contribution in [3.05, 3.63) is 27.8 Å².